The van der Waals surface area contributed by atoms with Crippen molar-refractivity contribution in [2.75, 3.05) is 31.6 Å². The van der Waals surface area contributed by atoms with E-state index in [9.17, 15) is 24.3 Å². The molecule has 0 fully saturated rings. The molecule has 2 aliphatic rings. The minimum absolute atomic E-state index is 0.00735. The van der Waals surface area contributed by atoms with E-state index in [1.54, 1.807) is 11.3 Å². The maximum Gasteiger partial charge on any atom is 0.243 e. The number of thiophene rings is 1. The molecule has 3 atom stereocenters. The van der Waals surface area contributed by atoms with E-state index in [2.05, 4.69) is 45.3 Å². The van der Waals surface area contributed by atoms with Crippen LogP contribution in [0.4, 0.5) is 5.69 Å². The number of amides is 4. The van der Waals surface area contributed by atoms with Crippen molar-refractivity contribution in [1.29, 1.82) is 0 Å². The third-order valence-electron chi connectivity index (χ3n) is 13.2. The Kier molecular flexibility index (Phi) is 18.4. The number of hydrogen-bond acceptors (Lipinski definition) is 11. The van der Waals surface area contributed by atoms with E-state index in [1.165, 1.54) is 4.88 Å². The SMILES string of the molecule is Cc1sc2c(c1C)C(c1ccc(Cl)cc1)=NC(CC(=O)NCCCCCC(=O)NCCCCCC(=O)NCc1ccc(COc3ccc4c(c3)N(C)C(C(C)C)C(=O)N[C@H](CO)C4)cc1)c1nnc(C)n1-2. The molecular formula is C54H68ClN9O6S. The predicted molar refractivity (Wildman–Crippen MR) is 280 cm³/mol. The molecule has 0 saturated carbocycles. The Morgan fingerprint density at radius 1 is 0.859 bits per heavy atom. The molecule has 71 heavy (non-hydrogen) atoms. The number of benzene rings is 3. The number of aliphatic hydroxyl groups excluding tert-OH is 1. The number of aromatic nitrogens is 3. The Balaban J connectivity index is 0.743. The van der Waals surface area contributed by atoms with Gasteiger partial charge in [-0.05, 0) is 99.2 Å². The maximum atomic E-state index is 13.3. The van der Waals surface area contributed by atoms with Crippen molar-refractivity contribution in [3.8, 4) is 10.8 Å². The molecule has 2 unspecified atom stereocenters. The zero-order valence-corrected chi connectivity index (χ0v) is 43.4. The van der Waals surface area contributed by atoms with Gasteiger partial charge in [-0.3, -0.25) is 28.7 Å². The highest BCUT2D eigenvalue weighted by atomic mass is 35.5. The molecule has 2 aliphatic heterocycles. The highest BCUT2D eigenvalue weighted by Crippen LogP contribution is 2.40. The standard InChI is InChI=1S/C54H68ClN9O6S/c1-33(2)51-53(69)59-42(31-65)27-40-21-24-43(28-45(40)63(51)6)70-32-38-17-15-37(16-18-38)30-58-47(67)14-10-8-11-25-56-46(66)13-9-7-12-26-57-48(68)29-44-52-62-61-36(5)64(52)54-49(34(3)35(4)71-54)50(60-44)39-19-22-41(55)23-20-39/h15-24,28,33,42,44,51,65H,7-14,25-27,29-32H2,1-6H3,(H,56,66)(H,57,68)(H,58,67)(H,59,69)/t42-,44?,51?/m0/s1. The molecule has 7 rings (SSSR count). The molecule has 0 spiro atoms. The van der Waals surface area contributed by atoms with E-state index in [0.29, 0.717) is 62.1 Å². The van der Waals surface area contributed by atoms with Crippen LogP contribution in [0.2, 0.25) is 5.02 Å². The number of aliphatic imine (C=N–C) groups is 1. The van der Waals surface area contributed by atoms with Gasteiger partial charge in [-0.15, -0.1) is 21.5 Å². The molecular weight excluding hydrogens is 938 g/mol. The van der Waals surface area contributed by atoms with Gasteiger partial charge >= 0.3 is 0 Å². The van der Waals surface area contributed by atoms with Gasteiger partial charge in [0.05, 0.1) is 24.8 Å². The second kappa shape index (κ2) is 24.8. The lowest BCUT2D eigenvalue weighted by molar-refractivity contribution is -0.124. The van der Waals surface area contributed by atoms with Crippen molar-refractivity contribution in [2.24, 2.45) is 10.9 Å². The number of halogens is 1. The summed E-state index contributed by atoms with van der Waals surface area (Å²) in [5.41, 5.74) is 7.82. The molecule has 4 heterocycles. The molecule has 0 radical (unpaired) electrons. The van der Waals surface area contributed by atoms with Crippen LogP contribution in [0, 0.1) is 26.7 Å². The fraction of sp³-hybridized carbons (Fsp3) is 0.463. The minimum atomic E-state index is -0.534. The molecule has 0 saturated heterocycles. The summed E-state index contributed by atoms with van der Waals surface area (Å²) in [6, 6.07) is 20.2. The molecule has 5 N–H and O–H groups in total. The first-order valence-corrected chi connectivity index (χ1v) is 26.0. The maximum absolute atomic E-state index is 13.3. The summed E-state index contributed by atoms with van der Waals surface area (Å²) in [5.74, 6) is 1.93. The highest BCUT2D eigenvalue weighted by Gasteiger charge is 2.34. The van der Waals surface area contributed by atoms with Crippen LogP contribution in [0.1, 0.15) is 128 Å². The van der Waals surface area contributed by atoms with E-state index in [0.717, 1.165) is 94.1 Å². The summed E-state index contributed by atoms with van der Waals surface area (Å²) in [5, 5.41) is 32.4. The van der Waals surface area contributed by atoms with Crippen molar-refractivity contribution >= 4 is 58.0 Å². The van der Waals surface area contributed by atoms with E-state index in [1.807, 2.05) is 104 Å². The minimum Gasteiger partial charge on any atom is -0.489 e. The normalized spacial score (nSPS) is 16.4. The van der Waals surface area contributed by atoms with Crippen LogP contribution in [-0.2, 0) is 38.8 Å². The molecule has 0 bridgehead atoms. The summed E-state index contributed by atoms with van der Waals surface area (Å²) in [7, 11) is 1.93. The van der Waals surface area contributed by atoms with Crippen molar-refractivity contribution in [3.05, 3.63) is 122 Å². The van der Waals surface area contributed by atoms with Crippen LogP contribution in [0.15, 0.2) is 71.7 Å². The van der Waals surface area contributed by atoms with Gasteiger partial charge in [0.2, 0.25) is 23.6 Å². The zero-order valence-electron chi connectivity index (χ0n) is 41.8. The summed E-state index contributed by atoms with van der Waals surface area (Å²) in [6.45, 7) is 11.9. The van der Waals surface area contributed by atoms with Crippen LogP contribution in [0.3, 0.4) is 0 Å². The third kappa shape index (κ3) is 13.7. The number of carbonyl (C=O) groups excluding carboxylic acids is 4. The van der Waals surface area contributed by atoms with Crippen LogP contribution < -0.4 is 30.9 Å². The number of fused-ring (bicyclic) bond motifs is 4. The lowest BCUT2D eigenvalue weighted by Crippen LogP contribution is -2.54. The summed E-state index contributed by atoms with van der Waals surface area (Å²) in [4.78, 5) is 59.8. The largest absolute Gasteiger partial charge is 0.489 e. The number of nitrogens with zero attached hydrogens (tertiary/aromatic N) is 5. The Hall–Kier alpha value is -6.10. The molecule has 3 aromatic carbocycles. The van der Waals surface area contributed by atoms with Crippen LogP contribution in [0.25, 0.3) is 5.00 Å². The first kappa shape index (κ1) is 52.7. The fourth-order valence-corrected chi connectivity index (χ4v) is 10.6. The summed E-state index contributed by atoms with van der Waals surface area (Å²) in [6.07, 6.45) is 6.15. The van der Waals surface area contributed by atoms with Crippen molar-refractivity contribution in [1.82, 2.24) is 36.0 Å². The number of ether oxygens (including phenoxy) is 1. The van der Waals surface area contributed by atoms with E-state index in [-0.39, 0.29) is 54.7 Å². The molecule has 4 amide bonds. The van der Waals surface area contributed by atoms with Gasteiger partial charge in [-0.2, -0.15) is 0 Å². The van der Waals surface area contributed by atoms with Gasteiger partial charge in [0.15, 0.2) is 5.82 Å². The molecule has 378 valence electrons. The topological polar surface area (TPSA) is 192 Å². The van der Waals surface area contributed by atoms with Crippen molar-refractivity contribution < 1.29 is 29.0 Å². The number of nitrogens with one attached hydrogen (secondary N) is 4. The third-order valence-corrected chi connectivity index (χ3v) is 14.7. The number of aliphatic hydroxyl groups is 1. The van der Waals surface area contributed by atoms with Crippen LogP contribution in [0.5, 0.6) is 5.75 Å². The smallest absolute Gasteiger partial charge is 0.243 e. The lowest BCUT2D eigenvalue weighted by Gasteiger charge is -2.37. The summed E-state index contributed by atoms with van der Waals surface area (Å²) < 4.78 is 8.21. The summed E-state index contributed by atoms with van der Waals surface area (Å²) >= 11 is 7.91. The highest BCUT2D eigenvalue weighted by molar-refractivity contribution is 7.15. The quantitative estimate of drug-likeness (QED) is 0.0429. The number of anilines is 1. The monoisotopic (exact) mass is 1010 g/mol. The molecule has 17 heteroatoms. The molecule has 15 nitrogen and oxygen atoms in total. The van der Waals surface area contributed by atoms with E-state index in [4.69, 9.17) is 21.3 Å². The zero-order chi connectivity index (χ0) is 50.6. The Labute approximate surface area is 426 Å². The first-order valence-electron chi connectivity index (χ1n) is 24.8. The van der Waals surface area contributed by atoms with Crippen molar-refractivity contribution in [3.63, 3.8) is 0 Å². The molecule has 0 aliphatic carbocycles. The molecule has 5 aromatic rings. The average molecular weight is 1010 g/mol. The van der Waals surface area contributed by atoms with E-state index >= 15 is 0 Å². The average Bonchev–Trinajstić information content (AvgIpc) is 3.83. The number of unbranched alkanes of at least 4 members (excludes halogenated alkanes) is 4. The van der Waals surface area contributed by atoms with Crippen LogP contribution in [-0.4, -0.2) is 88.0 Å². The Bertz CT molecular complexity index is 2680. The fourth-order valence-electron chi connectivity index (χ4n) is 9.23. The number of carbonyl (C=O) groups is 4. The second-order valence-electron chi connectivity index (χ2n) is 19.0. The van der Waals surface area contributed by atoms with Gasteiger partial charge in [0.1, 0.15) is 35.3 Å². The van der Waals surface area contributed by atoms with Gasteiger partial charge < -0.3 is 36.0 Å². The predicted octanol–water partition coefficient (Wildman–Crippen LogP) is 7.93. The Morgan fingerprint density at radius 3 is 2.20 bits per heavy atom. The number of hydrogen-bond donors (Lipinski definition) is 5. The molecule has 2 aromatic heterocycles. The van der Waals surface area contributed by atoms with Gasteiger partial charge in [0, 0.05) is 72.3 Å². The van der Waals surface area contributed by atoms with Crippen molar-refractivity contribution in [2.45, 2.75) is 130 Å². The lowest BCUT2D eigenvalue weighted by atomic mass is 9.95. The number of likely N-dealkylation sites (N-methyl/N-ethyl adjacent to an activating group) is 1. The van der Waals surface area contributed by atoms with E-state index < -0.39 is 6.04 Å². The van der Waals surface area contributed by atoms with Gasteiger partial charge in [-0.25, -0.2) is 0 Å². The van der Waals surface area contributed by atoms with Gasteiger partial charge in [0.25, 0.3) is 0 Å². The first-order chi connectivity index (χ1) is 34.2. The number of aryl methyl sites for hydroxylation is 2. The van der Waals surface area contributed by atoms with Crippen LogP contribution >= 0.6 is 22.9 Å². The second-order valence-corrected chi connectivity index (χ2v) is 20.6. The Morgan fingerprint density at radius 2 is 1.52 bits per heavy atom. The number of rotatable bonds is 22. The van der Waals surface area contributed by atoms with Gasteiger partial charge in [-0.1, -0.05) is 80.8 Å².